The van der Waals surface area contributed by atoms with Crippen molar-refractivity contribution < 1.29 is 18.3 Å². The van der Waals surface area contributed by atoms with E-state index in [0.29, 0.717) is 11.4 Å². The third-order valence-electron chi connectivity index (χ3n) is 4.10. The van der Waals surface area contributed by atoms with Crippen LogP contribution < -0.4 is 10.1 Å². The number of amides is 1. The molecule has 1 aromatic heterocycles. The smallest absolute Gasteiger partial charge is 0.410 e. The summed E-state index contributed by atoms with van der Waals surface area (Å²) < 4.78 is 33.5. The molecule has 1 amide bonds. The first-order chi connectivity index (χ1) is 12.9. The number of alkyl halides is 2. The Kier molecular flexibility index (Phi) is 5.21. The minimum Gasteiger partial charge on any atom is -0.410 e. The van der Waals surface area contributed by atoms with E-state index < -0.39 is 17.9 Å². The van der Waals surface area contributed by atoms with Crippen LogP contribution in [0.3, 0.4) is 0 Å². The standard InChI is InChI=1S/C20H19F2N3O2/c1-20(2,18(21)22)16-13-17(25(24-16)14-9-5-3-6-10-14)23-19(26)27-15-11-7-4-8-12-15/h3-13,18H,1-2H3,(H,23,26). The van der Waals surface area contributed by atoms with Crippen LogP contribution in [-0.4, -0.2) is 22.3 Å². The number of hydrogen-bond acceptors (Lipinski definition) is 3. The van der Waals surface area contributed by atoms with Crippen LogP contribution in [0, 0.1) is 0 Å². The predicted octanol–water partition coefficient (Wildman–Crippen LogP) is 5.03. The molecule has 1 N–H and O–H groups in total. The molecule has 0 atom stereocenters. The normalized spacial score (nSPS) is 11.4. The molecule has 0 saturated heterocycles. The zero-order valence-electron chi connectivity index (χ0n) is 14.9. The first-order valence-corrected chi connectivity index (χ1v) is 8.36. The number of carbonyl (C=O) groups is 1. The van der Waals surface area contributed by atoms with Crippen LogP contribution in [0.5, 0.6) is 5.75 Å². The Morgan fingerprint density at radius 1 is 1.07 bits per heavy atom. The number of hydrogen-bond donors (Lipinski definition) is 1. The molecular formula is C20H19F2N3O2. The summed E-state index contributed by atoms with van der Waals surface area (Å²) >= 11 is 0. The highest BCUT2D eigenvalue weighted by Crippen LogP contribution is 2.32. The molecule has 140 valence electrons. The number of ether oxygens (including phenoxy) is 1. The topological polar surface area (TPSA) is 56.1 Å². The molecule has 2 aromatic carbocycles. The molecule has 0 fully saturated rings. The Hall–Kier alpha value is -3.22. The molecule has 0 radical (unpaired) electrons. The minimum atomic E-state index is -2.61. The summed E-state index contributed by atoms with van der Waals surface area (Å²) in [6.45, 7) is 2.81. The van der Waals surface area contributed by atoms with Gasteiger partial charge in [0, 0.05) is 6.07 Å². The van der Waals surface area contributed by atoms with Crippen molar-refractivity contribution in [1.82, 2.24) is 9.78 Å². The van der Waals surface area contributed by atoms with Crippen molar-refractivity contribution in [1.29, 1.82) is 0 Å². The zero-order chi connectivity index (χ0) is 19.4. The van der Waals surface area contributed by atoms with Gasteiger partial charge in [0.1, 0.15) is 11.6 Å². The fourth-order valence-electron chi connectivity index (χ4n) is 2.39. The molecule has 1 heterocycles. The second-order valence-corrected chi connectivity index (χ2v) is 6.51. The number of carbonyl (C=O) groups excluding carboxylic acids is 1. The lowest BCUT2D eigenvalue weighted by Gasteiger charge is -2.20. The van der Waals surface area contributed by atoms with Crippen LogP contribution in [0.4, 0.5) is 19.4 Å². The maximum atomic E-state index is 13.4. The first kappa shape index (κ1) is 18.6. The molecule has 0 aliphatic rings. The molecule has 0 bridgehead atoms. The number of anilines is 1. The molecule has 0 spiro atoms. The third-order valence-corrected chi connectivity index (χ3v) is 4.10. The van der Waals surface area contributed by atoms with Crippen molar-refractivity contribution in [2.24, 2.45) is 0 Å². The van der Waals surface area contributed by atoms with Crippen LogP contribution in [0.1, 0.15) is 19.5 Å². The average Bonchev–Trinajstić information content (AvgIpc) is 3.07. The van der Waals surface area contributed by atoms with E-state index in [1.807, 2.05) is 6.07 Å². The minimum absolute atomic E-state index is 0.163. The lowest BCUT2D eigenvalue weighted by atomic mass is 9.90. The molecule has 0 aliphatic carbocycles. The SMILES string of the molecule is CC(C)(c1cc(NC(=O)Oc2ccccc2)n(-c2ccccc2)n1)C(F)F. The number of aromatic nitrogens is 2. The zero-order valence-corrected chi connectivity index (χ0v) is 14.9. The van der Waals surface area contributed by atoms with Gasteiger partial charge in [-0.05, 0) is 38.1 Å². The van der Waals surface area contributed by atoms with Gasteiger partial charge in [-0.25, -0.2) is 18.3 Å². The van der Waals surface area contributed by atoms with E-state index in [-0.39, 0.29) is 11.5 Å². The number of benzene rings is 2. The number of halogens is 2. The van der Waals surface area contributed by atoms with E-state index in [2.05, 4.69) is 10.4 Å². The lowest BCUT2D eigenvalue weighted by molar-refractivity contribution is 0.0669. The van der Waals surface area contributed by atoms with Gasteiger partial charge in [0.05, 0.1) is 16.8 Å². The maximum Gasteiger partial charge on any atom is 0.418 e. The monoisotopic (exact) mass is 371 g/mol. The quantitative estimate of drug-likeness (QED) is 0.685. The number of nitrogens with one attached hydrogen (secondary N) is 1. The van der Waals surface area contributed by atoms with Gasteiger partial charge in [-0.1, -0.05) is 36.4 Å². The second-order valence-electron chi connectivity index (χ2n) is 6.51. The Bertz CT molecular complexity index is 909. The first-order valence-electron chi connectivity index (χ1n) is 8.36. The molecule has 0 unspecified atom stereocenters. The van der Waals surface area contributed by atoms with E-state index in [0.717, 1.165) is 0 Å². The van der Waals surface area contributed by atoms with Gasteiger partial charge in [-0.2, -0.15) is 5.10 Å². The predicted molar refractivity (Wildman–Crippen MR) is 98.7 cm³/mol. The fraction of sp³-hybridized carbons (Fsp3) is 0.200. The highest BCUT2D eigenvalue weighted by molar-refractivity contribution is 5.85. The average molecular weight is 371 g/mol. The van der Waals surface area contributed by atoms with Gasteiger partial charge in [-0.3, -0.25) is 5.32 Å². The molecule has 0 aliphatic heterocycles. The number of para-hydroxylation sites is 2. The molecule has 0 saturated carbocycles. The van der Waals surface area contributed by atoms with Gasteiger partial charge < -0.3 is 4.74 Å². The van der Waals surface area contributed by atoms with Gasteiger partial charge in [0.25, 0.3) is 0 Å². The van der Waals surface area contributed by atoms with E-state index in [4.69, 9.17) is 4.74 Å². The van der Waals surface area contributed by atoms with Gasteiger partial charge in [0.15, 0.2) is 0 Å². The fourth-order valence-corrected chi connectivity index (χ4v) is 2.39. The van der Waals surface area contributed by atoms with E-state index >= 15 is 0 Å². The maximum absolute atomic E-state index is 13.4. The summed E-state index contributed by atoms with van der Waals surface area (Å²) in [5, 5.41) is 6.88. The molecule has 7 heteroatoms. The molecular weight excluding hydrogens is 352 g/mol. The summed E-state index contributed by atoms with van der Waals surface area (Å²) in [6.07, 6.45) is -3.35. The Labute approximate surface area is 155 Å². The van der Waals surface area contributed by atoms with E-state index in [1.165, 1.54) is 24.6 Å². The summed E-state index contributed by atoms with van der Waals surface area (Å²) in [5.74, 6) is 0.611. The van der Waals surface area contributed by atoms with Crippen molar-refractivity contribution in [3.05, 3.63) is 72.4 Å². The highest BCUT2D eigenvalue weighted by Gasteiger charge is 2.35. The van der Waals surface area contributed by atoms with Crippen molar-refractivity contribution in [2.45, 2.75) is 25.7 Å². The number of rotatable bonds is 5. The Morgan fingerprint density at radius 2 is 1.67 bits per heavy atom. The van der Waals surface area contributed by atoms with Crippen molar-refractivity contribution in [3.63, 3.8) is 0 Å². The van der Waals surface area contributed by atoms with Crippen LogP contribution in [0.2, 0.25) is 0 Å². The molecule has 27 heavy (non-hydrogen) atoms. The van der Waals surface area contributed by atoms with E-state index in [1.54, 1.807) is 54.6 Å². The van der Waals surface area contributed by atoms with Crippen LogP contribution >= 0.6 is 0 Å². The summed E-state index contributed by atoms with van der Waals surface area (Å²) in [4.78, 5) is 12.2. The second kappa shape index (κ2) is 7.57. The summed E-state index contributed by atoms with van der Waals surface area (Å²) in [5.41, 5.74) is -0.681. The molecule has 5 nitrogen and oxygen atoms in total. The van der Waals surface area contributed by atoms with Crippen molar-refractivity contribution >= 4 is 11.9 Å². The molecule has 3 rings (SSSR count). The van der Waals surface area contributed by atoms with Gasteiger partial charge in [0.2, 0.25) is 6.43 Å². The third kappa shape index (κ3) is 4.13. The molecule has 3 aromatic rings. The van der Waals surface area contributed by atoms with Crippen LogP contribution in [0.25, 0.3) is 5.69 Å². The Morgan fingerprint density at radius 3 is 2.26 bits per heavy atom. The largest absolute Gasteiger partial charge is 0.418 e. The summed E-state index contributed by atoms with van der Waals surface area (Å²) in [6, 6.07) is 18.9. The van der Waals surface area contributed by atoms with Crippen molar-refractivity contribution in [2.75, 3.05) is 5.32 Å². The van der Waals surface area contributed by atoms with Gasteiger partial charge in [-0.15, -0.1) is 0 Å². The van der Waals surface area contributed by atoms with Gasteiger partial charge >= 0.3 is 6.09 Å². The highest BCUT2D eigenvalue weighted by atomic mass is 19.3. The summed E-state index contributed by atoms with van der Waals surface area (Å²) in [7, 11) is 0. The van der Waals surface area contributed by atoms with Crippen LogP contribution in [-0.2, 0) is 5.41 Å². The van der Waals surface area contributed by atoms with Crippen LogP contribution in [0.15, 0.2) is 66.7 Å². The van der Waals surface area contributed by atoms with Crippen molar-refractivity contribution in [3.8, 4) is 11.4 Å². The Balaban J connectivity index is 1.93. The lowest BCUT2D eigenvalue weighted by Crippen LogP contribution is -2.27. The van der Waals surface area contributed by atoms with E-state index in [9.17, 15) is 13.6 Å². The number of nitrogens with zero attached hydrogens (tertiary/aromatic N) is 2.